The van der Waals surface area contributed by atoms with E-state index >= 15 is 0 Å². The number of piperazine rings is 1. The van der Waals surface area contributed by atoms with Gasteiger partial charge in [0.1, 0.15) is 5.67 Å². The molecule has 1 atom stereocenters. The van der Waals surface area contributed by atoms with Crippen LogP contribution in [0.3, 0.4) is 0 Å². The Kier molecular flexibility index (Phi) is 4.04. The largest absolute Gasteiger partial charge is 0.481 e. The molecule has 0 aromatic heterocycles. The van der Waals surface area contributed by atoms with E-state index in [0.29, 0.717) is 0 Å². The number of hydrogen-bond acceptors (Lipinski definition) is 3. The van der Waals surface area contributed by atoms with E-state index in [9.17, 15) is 9.18 Å². The van der Waals surface area contributed by atoms with E-state index in [0.717, 1.165) is 26.2 Å². The van der Waals surface area contributed by atoms with Crippen LogP contribution < -0.4 is 0 Å². The summed E-state index contributed by atoms with van der Waals surface area (Å²) in [4.78, 5) is 14.6. The van der Waals surface area contributed by atoms with Crippen LogP contribution in [0.2, 0.25) is 0 Å². The zero-order chi connectivity index (χ0) is 11.5. The first-order valence-electron chi connectivity index (χ1n) is 5.21. The summed E-state index contributed by atoms with van der Waals surface area (Å²) in [7, 11) is 2.03. The average molecular weight is 218 g/mol. The van der Waals surface area contributed by atoms with Gasteiger partial charge in [0, 0.05) is 32.7 Å². The first kappa shape index (κ1) is 12.4. The summed E-state index contributed by atoms with van der Waals surface area (Å²) in [6, 6.07) is 0. The second-order valence-corrected chi connectivity index (χ2v) is 4.56. The summed E-state index contributed by atoms with van der Waals surface area (Å²) in [5.41, 5.74) is -1.62. The number of aliphatic carboxylic acids is 1. The van der Waals surface area contributed by atoms with Gasteiger partial charge in [0.25, 0.3) is 0 Å². The third kappa shape index (κ3) is 4.57. The van der Waals surface area contributed by atoms with Crippen molar-refractivity contribution < 1.29 is 14.3 Å². The lowest BCUT2D eigenvalue weighted by Crippen LogP contribution is -2.49. The topological polar surface area (TPSA) is 43.8 Å². The van der Waals surface area contributed by atoms with E-state index in [4.69, 9.17) is 5.11 Å². The summed E-state index contributed by atoms with van der Waals surface area (Å²) in [6.45, 7) is 5.05. The lowest BCUT2D eigenvalue weighted by atomic mass is 10.0. The van der Waals surface area contributed by atoms with Gasteiger partial charge in [0.05, 0.1) is 6.42 Å². The van der Waals surface area contributed by atoms with Crippen molar-refractivity contribution in [2.45, 2.75) is 19.0 Å². The molecule has 0 aromatic carbocycles. The highest BCUT2D eigenvalue weighted by Gasteiger charge is 2.30. The van der Waals surface area contributed by atoms with Crippen LogP contribution in [0, 0.1) is 0 Å². The minimum absolute atomic E-state index is 0.215. The molecule has 0 radical (unpaired) electrons. The molecule has 88 valence electrons. The van der Waals surface area contributed by atoms with Crippen molar-refractivity contribution in [1.82, 2.24) is 9.80 Å². The number of nitrogens with zero attached hydrogens (tertiary/aromatic N) is 2. The summed E-state index contributed by atoms with van der Waals surface area (Å²) in [5.74, 6) is -1.07. The van der Waals surface area contributed by atoms with Gasteiger partial charge in [-0.25, -0.2) is 4.39 Å². The molecule has 5 heteroatoms. The second kappa shape index (κ2) is 4.90. The molecule has 0 spiro atoms. The molecule has 1 N–H and O–H groups in total. The Balaban J connectivity index is 2.36. The zero-order valence-electron chi connectivity index (χ0n) is 9.37. The number of halogens is 1. The number of carboxylic acids is 1. The molecule has 1 unspecified atom stereocenters. The van der Waals surface area contributed by atoms with E-state index in [-0.39, 0.29) is 6.54 Å². The Labute approximate surface area is 89.7 Å². The van der Waals surface area contributed by atoms with E-state index < -0.39 is 18.1 Å². The van der Waals surface area contributed by atoms with E-state index in [1.165, 1.54) is 6.92 Å². The molecule has 0 aliphatic carbocycles. The molecule has 4 nitrogen and oxygen atoms in total. The summed E-state index contributed by atoms with van der Waals surface area (Å²) < 4.78 is 13.8. The Morgan fingerprint density at radius 3 is 2.40 bits per heavy atom. The molecule has 0 saturated carbocycles. The van der Waals surface area contributed by atoms with Crippen molar-refractivity contribution in [2.24, 2.45) is 0 Å². The van der Waals surface area contributed by atoms with Crippen molar-refractivity contribution in [3.05, 3.63) is 0 Å². The molecule has 1 aliphatic rings. The Morgan fingerprint density at radius 2 is 1.93 bits per heavy atom. The van der Waals surface area contributed by atoms with Crippen LogP contribution in [0.5, 0.6) is 0 Å². The fraction of sp³-hybridized carbons (Fsp3) is 0.900. The van der Waals surface area contributed by atoms with Gasteiger partial charge < -0.3 is 10.0 Å². The van der Waals surface area contributed by atoms with Crippen molar-refractivity contribution in [2.75, 3.05) is 39.8 Å². The fourth-order valence-electron chi connectivity index (χ4n) is 1.84. The van der Waals surface area contributed by atoms with Crippen LogP contribution in [0.1, 0.15) is 13.3 Å². The van der Waals surface area contributed by atoms with Crippen molar-refractivity contribution in [3.8, 4) is 0 Å². The van der Waals surface area contributed by atoms with E-state index in [2.05, 4.69) is 4.90 Å². The van der Waals surface area contributed by atoms with Crippen LogP contribution in [-0.2, 0) is 4.79 Å². The standard InChI is InChI=1S/C10H19FN2O2/c1-10(11,7-9(14)15)8-13-5-3-12(2)4-6-13/h3-8H2,1-2H3,(H,14,15). The summed E-state index contributed by atoms with van der Waals surface area (Å²) >= 11 is 0. The SMILES string of the molecule is CN1CCN(CC(C)(F)CC(=O)O)CC1. The van der Waals surface area contributed by atoms with Gasteiger partial charge in [0.15, 0.2) is 0 Å². The highest BCUT2D eigenvalue weighted by atomic mass is 19.1. The van der Waals surface area contributed by atoms with Crippen LogP contribution in [0.15, 0.2) is 0 Å². The van der Waals surface area contributed by atoms with Crippen molar-refractivity contribution in [3.63, 3.8) is 0 Å². The molecule has 1 saturated heterocycles. The Bertz CT molecular complexity index is 225. The number of alkyl halides is 1. The average Bonchev–Trinajstić information content (AvgIpc) is 2.06. The molecule has 0 amide bonds. The quantitative estimate of drug-likeness (QED) is 0.743. The first-order chi connectivity index (χ1) is 6.89. The van der Waals surface area contributed by atoms with Crippen LogP contribution in [0.25, 0.3) is 0 Å². The zero-order valence-corrected chi connectivity index (χ0v) is 9.37. The predicted molar refractivity (Wildman–Crippen MR) is 55.7 cm³/mol. The van der Waals surface area contributed by atoms with Crippen LogP contribution in [0.4, 0.5) is 4.39 Å². The molecule has 0 bridgehead atoms. The van der Waals surface area contributed by atoms with E-state index in [1.807, 2.05) is 11.9 Å². The number of rotatable bonds is 4. The minimum Gasteiger partial charge on any atom is -0.481 e. The first-order valence-corrected chi connectivity index (χ1v) is 5.21. The molecule has 1 rings (SSSR count). The second-order valence-electron chi connectivity index (χ2n) is 4.56. The maximum atomic E-state index is 13.8. The van der Waals surface area contributed by atoms with Gasteiger partial charge in [-0.1, -0.05) is 0 Å². The Hall–Kier alpha value is -0.680. The predicted octanol–water partition coefficient (Wildman–Crippen LogP) is 0.437. The molecule has 1 fully saturated rings. The fourth-order valence-corrected chi connectivity index (χ4v) is 1.84. The number of hydrogen-bond donors (Lipinski definition) is 1. The highest BCUT2D eigenvalue weighted by Crippen LogP contribution is 2.18. The maximum Gasteiger partial charge on any atom is 0.306 e. The third-order valence-corrected chi connectivity index (χ3v) is 2.67. The monoisotopic (exact) mass is 218 g/mol. The lowest BCUT2D eigenvalue weighted by molar-refractivity contribution is -0.140. The third-order valence-electron chi connectivity index (χ3n) is 2.67. The minimum atomic E-state index is -1.62. The highest BCUT2D eigenvalue weighted by molar-refractivity contribution is 5.68. The van der Waals surface area contributed by atoms with Crippen LogP contribution in [-0.4, -0.2) is 66.3 Å². The Morgan fingerprint density at radius 1 is 1.40 bits per heavy atom. The van der Waals surface area contributed by atoms with Gasteiger partial charge >= 0.3 is 5.97 Å². The smallest absolute Gasteiger partial charge is 0.306 e. The molecule has 1 aliphatic heterocycles. The number of likely N-dealkylation sites (N-methyl/N-ethyl adjacent to an activating group) is 1. The molecule has 0 aromatic rings. The molecular formula is C10H19FN2O2. The normalized spacial score (nSPS) is 23.7. The summed E-state index contributed by atoms with van der Waals surface area (Å²) in [5, 5.41) is 8.55. The van der Waals surface area contributed by atoms with Gasteiger partial charge in [-0.15, -0.1) is 0 Å². The molecular weight excluding hydrogens is 199 g/mol. The number of carbonyl (C=O) groups is 1. The lowest BCUT2D eigenvalue weighted by Gasteiger charge is -2.35. The van der Waals surface area contributed by atoms with Crippen molar-refractivity contribution >= 4 is 5.97 Å². The summed E-state index contributed by atoms with van der Waals surface area (Å²) in [6.07, 6.45) is -0.417. The van der Waals surface area contributed by atoms with Gasteiger partial charge in [-0.05, 0) is 14.0 Å². The van der Waals surface area contributed by atoms with E-state index in [1.54, 1.807) is 0 Å². The molecule has 15 heavy (non-hydrogen) atoms. The van der Waals surface area contributed by atoms with Gasteiger partial charge in [0.2, 0.25) is 0 Å². The van der Waals surface area contributed by atoms with Crippen molar-refractivity contribution in [1.29, 1.82) is 0 Å². The van der Waals surface area contributed by atoms with Gasteiger partial charge in [-0.2, -0.15) is 0 Å². The van der Waals surface area contributed by atoms with Crippen LogP contribution >= 0.6 is 0 Å². The maximum absolute atomic E-state index is 13.8. The van der Waals surface area contributed by atoms with Gasteiger partial charge in [-0.3, -0.25) is 9.69 Å². The number of carboxylic acid groups (broad SMARTS) is 1. The molecule has 1 heterocycles.